The Morgan fingerprint density at radius 1 is 1.39 bits per heavy atom. The summed E-state index contributed by atoms with van der Waals surface area (Å²) in [6, 6.07) is 0. The monoisotopic (exact) mass is 250 g/mol. The zero-order chi connectivity index (χ0) is 12.8. The highest BCUT2D eigenvalue weighted by Crippen LogP contribution is 2.09. The summed E-state index contributed by atoms with van der Waals surface area (Å²) in [5, 5.41) is 3.55. The Hall–Kier alpha value is -0.870. The largest absolute Gasteiger partial charge is 0.334 e. The van der Waals surface area contributed by atoms with E-state index in [1.807, 2.05) is 12.4 Å². The molecular weight excluding hydrogens is 224 g/mol. The molecule has 1 aromatic rings. The maximum atomic E-state index is 4.23. The molecule has 0 bridgehead atoms. The van der Waals surface area contributed by atoms with E-state index in [-0.39, 0.29) is 0 Å². The molecule has 0 spiro atoms. The van der Waals surface area contributed by atoms with Crippen molar-refractivity contribution in [3.8, 4) is 0 Å². The van der Waals surface area contributed by atoms with Crippen LogP contribution in [0.1, 0.15) is 25.6 Å². The Morgan fingerprint density at radius 3 is 2.83 bits per heavy atom. The average molecular weight is 250 g/mol. The van der Waals surface area contributed by atoms with Crippen LogP contribution in [0.15, 0.2) is 12.4 Å². The SMILES string of the molecule is Cc1nccn1CCNCC(C)CN1CCCC1. The fourth-order valence-electron chi connectivity index (χ4n) is 2.66. The summed E-state index contributed by atoms with van der Waals surface area (Å²) >= 11 is 0. The lowest BCUT2D eigenvalue weighted by atomic mass is 10.1. The standard InChI is InChI=1S/C14H26N4/c1-13(12-17-7-3-4-8-17)11-15-5-9-18-10-6-16-14(18)2/h6,10,13,15H,3-5,7-9,11-12H2,1-2H3. The summed E-state index contributed by atoms with van der Waals surface area (Å²) in [5.74, 6) is 1.84. The normalized spacial score (nSPS) is 18.3. The molecule has 1 atom stereocenters. The lowest BCUT2D eigenvalue weighted by Gasteiger charge is -2.20. The minimum Gasteiger partial charge on any atom is -0.334 e. The van der Waals surface area contributed by atoms with Crippen molar-refractivity contribution in [1.29, 1.82) is 0 Å². The van der Waals surface area contributed by atoms with E-state index in [0.717, 1.165) is 31.4 Å². The average Bonchev–Trinajstić information content (AvgIpc) is 2.97. The molecule has 1 aliphatic rings. The van der Waals surface area contributed by atoms with Crippen molar-refractivity contribution in [2.75, 3.05) is 32.7 Å². The summed E-state index contributed by atoms with van der Waals surface area (Å²) in [5.41, 5.74) is 0. The van der Waals surface area contributed by atoms with Gasteiger partial charge in [0.1, 0.15) is 5.82 Å². The Kier molecular flexibility index (Phi) is 5.20. The molecule has 2 heterocycles. The summed E-state index contributed by atoms with van der Waals surface area (Å²) in [6.07, 6.45) is 6.69. The molecule has 4 nitrogen and oxygen atoms in total. The third kappa shape index (κ3) is 4.10. The highest BCUT2D eigenvalue weighted by atomic mass is 15.1. The van der Waals surface area contributed by atoms with E-state index < -0.39 is 0 Å². The van der Waals surface area contributed by atoms with Crippen molar-refractivity contribution in [2.24, 2.45) is 5.92 Å². The lowest BCUT2D eigenvalue weighted by molar-refractivity contribution is 0.282. The van der Waals surface area contributed by atoms with E-state index in [2.05, 4.69) is 33.6 Å². The Balaban J connectivity index is 1.56. The van der Waals surface area contributed by atoms with Crippen LogP contribution in [0.4, 0.5) is 0 Å². The lowest BCUT2D eigenvalue weighted by Crippen LogP contribution is -2.32. The molecule has 0 aliphatic carbocycles. The van der Waals surface area contributed by atoms with Gasteiger partial charge >= 0.3 is 0 Å². The molecule has 1 aromatic heterocycles. The van der Waals surface area contributed by atoms with Gasteiger partial charge in [-0.05, 0) is 45.3 Å². The van der Waals surface area contributed by atoms with Gasteiger partial charge < -0.3 is 14.8 Å². The molecule has 2 rings (SSSR count). The summed E-state index contributed by atoms with van der Waals surface area (Å²) in [7, 11) is 0. The molecule has 1 saturated heterocycles. The van der Waals surface area contributed by atoms with Crippen LogP contribution >= 0.6 is 0 Å². The van der Waals surface area contributed by atoms with Gasteiger partial charge in [0, 0.05) is 32.0 Å². The molecule has 4 heteroatoms. The predicted octanol–water partition coefficient (Wildman–Crippen LogP) is 1.51. The Labute approximate surface area is 110 Å². The fourth-order valence-corrected chi connectivity index (χ4v) is 2.66. The van der Waals surface area contributed by atoms with Crippen LogP contribution in [0.5, 0.6) is 0 Å². The van der Waals surface area contributed by atoms with Crippen LogP contribution in [-0.2, 0) is 6.54 Å². The summed E-state index contributed by atoms with van der Waals surface area (Å²) in [6.45, 7) is 11.4. The van der Waals surface area contributed by atoms with E-state index >= 15 is 0 Å². The second kappa shape index (κ2) is 6.90. The second-order valence-electron chi connectivity index (χ2n) is 5.48. The molecular formula is C14H26N4. The number of hydrogen-bond acceptors (Lipinski definition) is 3. The number of nitrogens with zero attached hydrogens (tertiary/aromatic N) is 3. The van der Waals surface area contributed by atoms with E-state index in [4.69, 9.17) is 0 Å². The van der Waals surface area contributed by atoms with Gasteiger partial charge in [-0.2, -0.15) is 0 Å². The first-order valence-electron chi connectivity index (χ1n) is 7.16. The molecule has 0 radical (unpaired) electrons. The first-order chi connectivity index (χ1) is 8.75. The van der Waals surface area contributed by atoms with Crippen molar-refractivity contribution in [3.05, 3.63) is 18.2 Å². The van der Waals surface area contributed by atoms with E-state index in [0.29, 0.717) is 0 Å². The Bertz CT molecular complexity index is 341. The third-order valence-electron chi connectivity index (χ3n) is 3.71. The molecule has 1 unspecified atom stereocenters. The molecule has 0 amide bonds. The first kappa shape index (κ1) is 13.6. The van der Waals surface area contributed by atoms with E-state index in [9.17, 15) is 0 Å². The topological polar surface area (TPSA) is 33.1 Å². The molecule has 18 heavy (non-hydrogen) atoms. The van der Waals surface area contributed by atoms with E-state index in [1.54, 1.807) is 0 Å². The summed E-state index contributed by atoms with van der Waals surface area (Å²) in [4.78, 5) is 6.82. The second-order valence-corrected chi connectivity index (χ2v) is 5.48. The smallest absolute Gasteiger partial charge is 0.105 e. The van der Waals surface area contributed by atoms with Gasteiger partial charge in [-0.3, -0.25) is 0 Å². The van der Waals surface area contributed by atoms with Gasteiger partial charge in [-0.15, -0.1) is 0 Å². The molecule has 1 fully saturated rings. The fraction of sp³-hybridized carbons (Fsp3) is 0.786. The molecule has 1 aliphatic heterocycles. The highest BCUT2D eigenvalue weighted by molar-refractivity contribution is 4.88. The van der Waals surface area contributed by atoms with Crippen LogP contribution in [0.2, 0.25) is 0 Å². The van der Waals surface area contributed by atoms with Gasteiger partial charge in [0.25, 0.3) is 0 Å². The zero-order valence-electron chi connectivity index (χ0n) is 11.7. The van der Waals surface area contributed by atoms with Gasteiger partial charge in [0.2, 0.25) is 0 Å². The van der Waals surface area contributed by atoms with Gasteiger partial charge in [0.15, 0.2) is 0 Å². The van der Waals surface area contributed by atoms with Crippen molar-refractivity contribution >= 4 is 0 Å². The van der Waals surface area contributed by atoms with Crippen molar-refractivity contribution in [1.82, 2.24) is 19.8 Å². The quantitative estimate of drug-likeness (QED) is 0.745. The van der Waals surface area contributed by atoms with Gasteiger partial charge in [-0.1, -0.05) is 6.92 Å². The highest BCUT2D eigenvalue weighted by Gasteiger charge is 2.14. The molecule has 1 N–H and O–H groups in total. The first-order valence-corrected chi connectivity index (χ1v) is 7.16. The minimum atomic E-state index is 0.743. The van der Waals surface area contributed by atoms with Gasteiger partial charge in [0.05, 0.1) is 0 Å². The Morgan fingerprint density at radius 2 is 2.17 bits per heavy atom. The number of aryl methyl sites for hydroxylation is 1. The number of rotatable bonds is 7. The van der Waals surface area contributed by atoms with Crippen LogP contribution in [0.3, 0.4) is 0 Å². The molecule has 0 saturated carbocycles. The summed E-state index contributed by atoms with van der Waals surface area (Å²) < 4.78 is 2.19. The van der Waals surface area contributed by atoms with Crippen molar-refractivity contribution < 1.29 is 0 Å². The van der Waals surface area contributed by atoms with Crippen LogP contribution < -0.4 is 5.32 Å². The van der Waals surface area contributed by atoms with Crippen molar-refractivity contribution in [3.63, 3.8) is 0 Å². The number of likely N-dealkylation sites (tertiary alicyclic amines) is 1. The van der Waals surface area contributed by atoms with E-state index in [1.165, 1.54) is 32.5 Å². The number of nitrogens with one attached hydrogen (secondary N) is 1. The third-order valence-corrected chi connectivity index (χ3v) is 3.71. The van der Waals surface area contributed by atoms with Crippen LogP contribution in [0, 0.1) is 12.8 Å². The molecule has 0 aromatic carbocycles. The maximum absolute atomic E-state index is 4.23. The number of imidazole rings is 1. The zero-order valence-corrected chi connectivity index (χ0v) is 11.7. The number of hydrogen-bond donors (Lipinski definition) is 1. The van der Waals surface area contributed by atoms with Crippen LogP contribution in [-0.4, -0.2) is 47.2 Å². The molecule has 102 valence electrons. The van der Waals surface area contributed by atoms with Crippen LogP contribution in [0.25, 0.3) is 0 Å². The predicted molar refractivity (Wildman–Crippen MR) is 74.7 cm³/mol. The van der Waals surface area contributed by atoms with Crippen molar-refractivity contribution in [2.45, 2.75) is 33.2 Å². The minimum absolute atomic E-state index is 0.743. The number of aromatic nitrogens is 2. The van der Waals surface area contributed by atoms with Gasteiger partial charge in [-0.25, -0.2) is 4.98 Å². The maximum Gasteiger partial charge on any atom is 0.105 e.